The second-order valence-electron chi connectivity index (χ2n) is 6.35. The average molecular weight is 330 g/mol. The van der Waals surface area contributed by atoms with E-state index in [4.69, 9.17) is 0 Å². The van der Waals surface area contributed by atoms with Gasteiger partial charge in [-0.05, 0) is 37.4 Å². The zero-order chi connectivity index (χ0) is 15.6. The summed E-state index contributed by atoms with van der Waals surface area (Å²) in [6.07, 6.45) is 5.49. The zero-order valence-electron chi connectivity index (χ0n) is 13.3. The summed E-state index contributed by atoms with van der Waals surface area (Å²) in [6.45, 7) is 5.77. The van der Waals surface area contributed by atoms with Crippen LogP contribution in [0.4, 0.5) is 0 Å². The highest BCUT2D eigenvalue weighted by Crippen LogP contribution is 2.18. The van der Waals surface area contributed by atoms with Crippen molar-refractivity contribution >= 4 is 17.2 Å². The maximum atomic E-state index is 12.5. The molecule has 1 saturated heterocycles. The van der Waals surface area contributed by atoms with E-state index in [1.165, 1.54) is 31.6 Å². The van der Waals surface area contributed by atoms with Crippen molar-refractivity contribution in [2.24, 2.45) is 0 Å². The van der Waals surface area contributed by atoms with Crippen LogP contribution in [0.2, 0.25) is 0 Å². The third-order valence-corrected chi connectivity index (χ3v) is 5.54. The van der Waals surface area contributed by atoms with E-state index >= 15 is 0 Å². The van der Waals surface area contributed by atoms with Gasteiger partial charge >= 0.3 is 0 Å². The van der Waals surface area contributed by atoms with Crippen LogP contribution in [0.1, 0.15) is 34.7 Å². The minimum absolute atomic E-state index is 0.151. The molecule has 1 amide bonds. The lowest BCUT2D eigenvalue weighted by Gasteiger charge is -2.20. The van der Waals surface area contributed by atoms with Crippen molar-refractivity contribution in [3.63, 3.8) is 0 Å². The summed E-state index contributed by atoms with van der Waals surface area (Å²) >= 11 is 1.58. The van der Waals surface area contributed by atoms with Crippen molar-refractivity contribution in [3.05, 3.63) is 40.1 Å². The molecule has 2 aliphatic heterocycles. The van der Waals surface area contributed by atoms with Crippen LogP contribution in [0.5, 0.6) is 0 Å². The van der Waals surface area contributed by atoms with Crippen LogP contribution in [0, 0.1) is 0 Å². The number of fused-ring (bicyclic) bond motifs is 1. The van der Waals surface area contributed by atoms with Gasteiger partial charge < -0.3 is 9.47 Å². The SMILES string of the molecule is O=C(c1ccsc1)N1CCc2ncc(CN3CCCC3)n2CC1. The number of aromatic nitrogens is 2. The van der Waals surface area contributed by atoms with Crippen LogP contribution in [0.3, 0.4) is 0 Å². The van der Waals surface area contributed by atoms with Crippen LogP contribution in [-0.2, 0) is 19.5 Å². The summed E-state index contributed by atoms with van der Waals surface area (Å²) in [7, 11) is 0. The van der Waals surface area contributed by atoms with Crippen LogP contribution in [-0.4, -0.2) is 51.4 Å². The summed E-state index contributed by atoms with van der Waals surface area (Å²) in [5.74, 6) is 1.28. The Morgan fingerprint density at radius 2 is 2.04 bits per heavy atom. The van der Waals surface area contributed by atoms with Crippen LogP contribution >= 0.6 is 11.3 Å². The maximum absolute atomic E-state index is 12.5. The van der Waals surface area contributed by atoms with E-state index in [1.54, 1.807) is 11.3 Å². The van der Waals surface area contributed by atoms with Gasteiger partial charge in [0.2, 0.25) is 0 Å². The molecule has 4 rings (SSSR count). The largest absolute Gasteiger partial charge is 0.336 e. The Morgan fingerprint density at radius 1 is 1.17 bits per heavy atom. The Balaban J connectivity index is 1.46. The molecule has 0 aliphatic carbocycles. The molecule has 0 atom stereocenters. The first kappa shape index (κ1) is 14.9. The Morgan fingerprint density at radius 3 is 2.83 bits per heavy atom. The number of thiophene rings is 1. The predicted molar refractivity (Wildman–Crippen MR) is 90.7 cm³/mol. The molecule has 23 heavy (non-hydrogen) atoms. The molecule has 0 saturated carbocycles. The highest BCUT2D eigenvalue weighted by molar-refractivity contribution is 7.08. The van der Waals surface area contributed by atoms with E-state index in [0.717, 1.165) is 44.0 Å². The number of amides is 1. The Labute approximate surface area is 140 Å². The van der Waals surface area contributed by atoms with Gasteiger partial charge in [-0.2, -0.15) is 11.3 Å². The van der Waals surface area contributed by atoms with Crippen molar-refractivity contribution < 1.29 is 4.79 Å². The minimum Gasteiger partial charge on any atom is -0.336 e. The lowest BCUT2D eigenvalue weighted by molar-refractivity contribution is 0.0759. The third-order valence-electron chi connectivity index (χ3n) is 4.86. The number of carbonyl (C=O) groups excluding carboxylic acids is 1. The molecule has 1 fully saturated rings. The molecule has 0 bridgehead atoms. The standard InChI is InChI=1S/C17H22N4OS/c22-17(14-4-10-23-13-14)20-7-3-16-18-11-15(21(16)9-8-20)12-19-5-1-2-6-19/h4,10-11,13H,1-3,5-9,12H2. The molecule has 0 unspecified atom stereocenters. The smallest absolute Gasteiger partial charge is 0.254 e. The van der Waals surface area contributed by atoms with Crippen molar-refractivity contribution in [2.45, 2.75) is 32.4 Å². The van der Waals surface area contributed by atoms with Gasteiger partial charge in [0.15, 0.2) is 0 Å². The first-order valence-corrected chi connectivity index (χ1v) is 9.32. The molecule has 2 aliphatic rings. The predicted octanol–water partition coefficient (Wildman–Crippen LogP) is 2.24. The van der Waals surface area contributed by atoms with Gasteiger partial charge in [-0.1, -0.05) is 0 Å². The van der Waals surface area contributed by atoms with E-state index < -0.39 is 0 Å². The fraction of sp³-hybridized carbons (Fsp3) is 0.529. The Bertz CT molecular complexity index is 673. The van der Waals surface area contributed by atoms with Crippen molar-refractivity contribution in [2.75, 3.05) is 26.2 Å². The van der Waals surface area contributed by atoms with Crippen LogP contribution < -0.4 is 0 Å². The van der Waals surface area contributed by atoms with Crippen molar-refractivity contribution in [1.29, 1.82) is 0 Å². The summed E-state index contributed by atoms with van der Waals surface area (Å²) in [4.78, 5) is 21.6. The molecule has 122 valence electrons. The lowest BCUT2D eigenvalue weighted by atomic mass is 10.2. The van der Waals surface area contributed by atoms with E-state index in [9.17, 15) is 4.79 Å². The molecule has 6 heteroatoms. The first-order chi connectivity index (χ1) is 11.3. The third kappa shape index (κ3) is 3.05. The Kier molecular flexibility index (Phi) is 4.18. The second kappa shape index (κ2) is 6.45. The number of hydrogen-bond acceptors (Lipinski definition) is 4. The summed E-state index contributed by atoms with van der Waals surface area (Å²) in [6, 6.07) is 1.91. The minimum atomic E-state index is 0.151. The number of likely N-dealkylation sites (tertiary alicyclic amines) is 1. The topological polar surface area (TPSA) is 41.4 Å². The highest BCUT2D eigenvalue weighted by Gasteiger charge is 2.23. The zero-order valence-corrected chi connectivity index (χ0v) is 14.1. The summed E-state index contributed by atoms with van der Waals surface area (Å²) in [5.41, 5.74) is 2.11. The second-order valence-corrected chi connectivity index (χ2v) is 7.13. The first-order valence-electron chi connectivity index (χ1n) is 8.38. The van der Waals surface area contributed by atoms with Crippen molar-refractivity contribution in [3.8, 4) is 0 Å². The quantitative estimate of drug-likeness (QED) is 0.867. The molecule has 2 aromatic rings. The average Bonchev–Trinajstić information content (AvgIpc) is 3.29. The Hall–Kier alpha value is -1.66. The fourth-order valence-corrected chi connectivity index (χ4v) is 4.19. The lowest BCUT2D eigenvalue weighted by Crippen LogP contribution is -2.33. The van der Waals surface area contributed by atoms with E-state index in [0.29, 0.717) is 0 Å². The molecule has 0 radical (unpaired) electrons. The van der Waals surface area contributed by atoms with E-state index in [2.05, 4.69) is 14.5 Å². The van der Waals surface area contributed by atoms with Gasteiger partial charge in [-0.25, -0.2) is 4.98 Å². The van der Waals surface area contributed by atoms with Crippen LogP contribution in [0.15, 0.2) is 23.0 Å². The number of hydrogen-bond donors (Lipinski definition) is 0. The van der Waals surface area contributed by atoms with Gasteiger partial charge in [0, 0.05) is 44.2 Å². The molecule has 2 aromatic heterocycles. The molecule has 0 aromatic carbocycles. The molecule has 0 N–H and O–H groups in total. The molecular formula is C17H22N4OS. The van der Waals surface area contributed by atoms with Gasteiger partial charge in [-0.3, -0.25) is 9.69 Å². The normalized spacial score (nSPS) is 18.9. The fourth-order valence-electron chi connectivity index (χ4n) is 3.56. The van der Waals surface area contributed by atoms with Gasteiger partial charge in [-0.15, -0.1) is 0 Å². The molecular weight excluding hydrogens is 308 g/mol. The summed E-state index contributed by atoms with van der Waals surface area (Å²) in [5, 5.41) is 3.90. The van der Waals surface area contributed by atoms with E-state index in [1.807, 2.05) is 27.9 Å². The number of rotatable bonds is 3. The molecule has 0 spiro atoms. The molecule has 5 nitrogen and oxygen atoms in total. The maximum Gasteiger partial charge on any atom is 0.254 e. The molecule has 4 heterocycles. The summed E-state index contributed by atoms with van der Waals surface area (Å²) < 4.78 is 2.33. The number of carbonyl (C=O) groups is 1. The number of nitrogens with zero attached hydrogens (tertiary/aromatic N) is 4. The highest BCUT2D eigenvalue weighted by atomic mass is 32.1. The number of imidazole rings is 1. The van der Waals surface area contributed by atoms with E-state index in [-0.39, 0.29) is 5.91 Å². The van der Waals surface area contributed by atoms with Crippen molar-refractivity contribution in [1.82, 2.24) is 19.4 Å². The van der Waals surface area contributed by atoms with Gasteiger partial charge in [0.05, 0.1) is 11.3 Å². The van der Waals surface area contributed by atoms with Crippen LogP contribution in [0.25, 0.3) is 0 Å². The van der Waals surface area contributed by atoms with Gasteiger partial charge in [0.1, 0.15) is 5.82 Å². The monoisotopic (exact) mass is 330 g/mol. The van der Waals surface area contributed by atoms with Gasteiger partial charge in [0.25, 0.3) is 5.91 Å².